The smallest absolute Gasteiger partial charge is 0.153 e. The van der Waals surface area contributed by atoms with Crippen LogP contribution in [0.25, 0.3) is 10.9 Å². The van der Waals surface area contributed by atoms with Crippen molar-refractivity contribution >= 4 is 22.5 Å². The number of halogens is 2. The van der Waals surface area contributed by atoms with E-state index in [1.54, 1.807) is 30.3 Å². The van der Waals surface area contributed by atoms with Gasteiger partial charge in [0.05, 0.1) is 12.5 Å². The summed E-state index contributed by atoms with van der Waals surface area (Å²) >= 11 is 0. The average molecular weight is 381 g/mol. The molecule has 0 saturated heterocycles. The van der Waals surface area contributed by atoms with Gasteiger partial charge in [0.1, 0.15) is 28.8 Å². The minimum Gasteiger partial charge on any atom is -0.395 e. The number of hydrogen-bond donors (Lipinski definition) is 3. The quantitative estimate of drug-likeness (QED) is 0.489. The van der Waals surface area contributed by atoms with Gasteiger partial charge in [-0.15, -0.1) is 0 Å². The van der Waals surface area contributed by atoms with Gasteiger partial charge in [-0.3, -0.25) is 5.10 Å². The van der Waals surface area contributed by atoms with E-state index in [2.05, 4.69) is 25.5 Å². The largest absolute Gasteiger partial charge is 0.395 e. The van der Waals surface area contributed by atoms with Crippen molar-refractivity contribution in [3.05, 3.63) is 77.2 Å². The van der Waals surface area contributed by atoms with Crippen LogP contribution in [0.1, 0.15) is 23.0 Å². The molecule has 2 aromatic heterocycles. The molecule has 0 amide bonds. The lowest BCUT2D eigenvalue weighted by atomic mass is 9.99. The number of nitrogens with one attached hydrogen (secondary N) is 2. The molecule has 6 nitrogen and oxygen atoms in total. The molecule has 0 bridgehead atoms. The average Bonchev–Trinajstić information content (AvgIpc) is 3.09. The molecule has 1 unspecified atom stereocenters. The van der Waals surface area contributed by atoms with Crippen LogP contribution in [-0.2, 0) is 0 Å². The van der Waals surface area contributed by atoms with Crippen LogP contribution in [0.4, 0.5) is 20.4 Å². The van der Waals surface area contributed by atoms with Gasteiger partial charge in [-0.2, -0.15) is 5.10 Å². The van der Waals surface area contributed by atoms with E-state index in [0.29, 0.717) is 22.6 Å². The van der Waals surface area contributed by atoms with Gasteiger partial charge in [0, 0.05) is 17.1 Å². The van der Waals surface area contributed by atoms with E-state index < -0.39 is 11.7 Å². The van der Waals surface area contributed by atoms with Crippen molar-refractivity contribution in [2.24, 2.45) is 0 Å². The summed E-state index contributed by atoms with van der Waals surface area (Å²) < 4.78 is 27.7. The van der Waals surface area contributed by atoms with Crippen LogP contribution in [-0.4, -0.2) is 31.9 Å². The highest BCUT2D eigenvalue weighted by Gasteiger charge is 2.20. The zero-order valence-corrected chi connectivity index (χ0v) is 14.9. The number of H-pyrrole nitrogens is 1. The van der Waals surface area contributed by atoms with Crippen molar-refractivity contribution in [1.29, 1.82) is 0 Å². The van der Waals surface area contributed by atoms with E-state index in [1.807, 2.05) is 6.92 Å². The van der Waals surface area contributed by atoms with Crippen LogP contribution in [0.2, 0.25) is 0 Å². The van der Waals surface area contributed by atoms with Crippen molar-refractivity contribution in [2.75, 3.05) is 11.9 Å². The van der Waals surface area contributed by atoms with Crippen molar-refractivity contribution in [3.63, 3.8) is 0 Å². The lowest BCUT2D eigenvalue weighted by molar-refractivity contribution is 0.277. The molecule has 0 spiro atoms. The number of anilines is 2. The van der Waals surface area contributed by atoms with Crippen molar-refractivity contribution in [3.8, 4) is 0 Å². The number of aromatic amines is 1. The van der Waals surface area contributed by atoms with Gasteiger partial charge in [-0.1, -0.05) is 18.2 Å². The van der Waals surface area contributed by atoms with Crippen molar-refractivity contribution < 1.29 is 13.9 Å². The molecule has 0 aliphatic carbocycles. The van der Waals surface area contributed by atoms with Crippen molar-refractivity contribution in [1.82, 2.24) is 20.2 Å². The lowest BCUT2D eigenvalue weighted by Crippen LogP contribution is -2.12. The molecule has 2 heterocycles. The van der Waals surface area contributed by atoms with Crippen molar-refractivity contribution in [2.45, 2.75) is 12.8 Å². The highest BCUT2D eigenvalue weighted by molar-refractivity contribution is 5.91. The molecule has 8 heteroatoms. The Balaban J connectivity index is 1.86. The maximum absolute atomic E-state index is 14.5. The maximum atomic E-state index is 14.5. The number of rotatable bonds is 5. The molecule has 0 aliphatic heterocycles. The minimum atomic E-state index is -0.633. The standard InChI is InChI=1S/C20H17F2N5O/c1-11-9-17(27-26-11)23-19-14-3-2-4-16(22)18(14)24-20(25-19)15(10-28)12-5-7-13(21)8-6-12/h2-9,15,28H,10H2,1H3,(H2,23,24,25,26,27). The van der Waals surface area contributed by atoms with Gasteiger partial charge in [0.25, 0.3) is 0 Å². The summed E-state index contributed by atoms with van der Waals surface area (Å²) in [7, 11) is 0. The van der Waals surface area contributed by atoms with Crippen LogP contribution < -0.4 is 5.32 Å². The van der Waals surface area contributed by atoms with Gasteiger partial charge >= 0.3 is 0 Å². The first-order chi connectivity index (χ1) is 13.5. The topological polar surface area (TPSA) is 86.7 Å². The van der Waals surface area contributed by atoms with Crippen LogP contribution in [0.3, 0.4) is 0 Å². The monoisotopic (exact) mass is 381 g/mol. The Hall–Kier alpha value is -3.39. The molecule has 0 fully saturated rings. The summed E-state index contributed by atoms with van der Waals surface area (Å²) in [5.74, 6) is -0.408. The van der Waals surface area contributed by atoms with Gasteiger partial charge in [0.2, 0.25) is 0 Å². The maximum Gasteiger partial charge on any atom is 0.153 e. The van der Waals surface area contributed by atoms with E-state index in [-0.39, 0.29) is 23.8 Å². The molecule has 0 aliphatic rings. The molecule has 4 rings (SSSR count). The van der Waals surface area contributed by atoms with Crippen LogP contribution >= 0.6 is 0 Å². The van der Waals surface area contributed by atoms with Gasteiger partial charge in [-0.05, 0) is 36.8 Å². The lowest BCUT2D eigenvalue weighted by Gasteiger charge is -2.16. The first-order valence-corrected chi connectivity index (χ1v) is 8.66. The Morgan fingerprint density at radius 2 is 1.89 bits per heavy atom. The first kappa shape index (κ1) is 18.0. The molecule has 0 saturated carbocycles. The molecular formula is C20H17F2N5O. The Morgan fingerprint density at radius 3 is 2.57 bits per heavy atom. The molecule has 142 valence electrons. The summed E-state index contributed by atoms with van der Waals surface area (Å²) in [4.78, 5) is 8.86. The normalized spacial score (nSPS) is 12.3. The summed E-state index contributed by atoms with van der Waals surface area (Å²) in [6.45, 7) is 1.55. The third kappa shape index (κ3) is 3.41. The van der Waals surface area contributed by atoms with Gasteiger partial charge in [0.15, 0.2) is 5.82 Å². The number of benzene rings is 2. The van der Waals surface area contributed by atoms with E-state index in [0.717, 1.165) is 5.69 Å². The predicted molar refractivity (Wildman–Crippen MR) is 101 cm³/mol. The summed E-state index contributed by atoms with van der Waals surface area (Å²) in [6, 6.07) is 12.1. The van der Waals surface area contributed by atoms with E-state index >= 15 is 0 Å². The molecule has 4 aromatic rings. The third-order valence-corrected chi connectivity index (χ3v) is 4.41. The Bertz CT molecular complexity index is 1130. The third-order valence-electron chi connectivity index (χ3n) is 4.41. The fourth-order valence-electron chi connectivity index (χ4n) is 3.02. The fraction of sp³-hybridized carbons (Fsp3) is 0.150. The SMILES string of the molecule is Cc1cc(Nc2nc(C(CO)c3ccc(F)cc3)nc3c(F)cccc23)n[nH]1. The molecule has 1 atom stereocenters. The summed E-state index contributed by atoms with van der Waals surface area (Å²) in [6.07, 6.45) is 0. The van der Waals surface area contributed by atoms with Crippen LogP contribution in [0, 0.1) is 18.6 Å². The number of nitrogens with zero attached hydrogens (tertiary/aromatic N) is 3. The number of para-hydroxylation sites is 1. The minimum absolute atomic E-state index is 0.128. The second kappa shape index (κ2) is 7.32. The zero-order chi connectivity index (χ0) is 19.7. The number of fused-ring (bicyclic) bond motifs is 1. The second-order valence-electron chi connectivity index (χ2n) is 6.41. The highest BCUT2D eigenvalue weighted by Crippen LogP contribution is 2.29. The Morgan fingerprint density at radius 1 is 1.11 bits per heavy atom. The molecule has 3 N–H and O–H groups in total. The molecule has 2 aromatic carbocycles. The number of aryl methyl sites for hydroxylation is 1. The molecular weight excluding hydrogens is 364 g/mol. The summed E-state index contributed by atoms with van der Waals surface area (Å²) in [5, 5.41) is 20.4. The Labute approximate surface area is 159 Å². The number of aliphatic hydroxyl groups is 1. The second-order valence-corrected chi connectivity index (χ2v) is 6.41. The Kier molecular flexibility index (Phi) is 4.70. The van der Waals surface area contributed by atoms with E-state index in [1.165, 1.54) is 18.2 Å². The van der Waals surface area contributed by atoms with Gasteiger partial charge in [-0.25, -0.2) is 18.7 Å². The number of aliphatic hydroxyl groups excluding tert-OH is 1. The summed E-state index contributed by atoms with van der Waals surface area (Å²) in [5.41, 5.74) is 1.61. The predicted octanol–water partition coefficient (Wildman–Crippen LogP) is 3.81. The van der Waals surface area contributed by atoms with E-state index in [9.17, 15) is 13.9 Å². The fourth-order valence-corrected chi connectivity index (χ4v) is 3.02. The van der Waals surface area contributed by atoms with Crippen LogP contribution in [0.15, 0.2) is 48.5 Å². The molecule has 28 heavy (non-hydrogen) atoms. The first-order valence-electron chi connectivity index (χ1n) is 8.66. The molecule has 0 radical (unpaired) electrons. The number of hydrogen-bond acceptors (Lipinski definition) is 5. The highest BCUT2D eigenvalue weighted by atomic mass is 19.1. The van der Waals surface area contributed by atoms with E-state index in [4.69, 9.17) is 0 Å². The number of aromatic nitrogens is 4. The zero-order valence-electron chi connectivity index (χ0n) is 14.9. The van der Waals surface area contributed by atoms with Crippen LogP contribution in [0.5, 0.6) is 0 Å². The van der Waals surface area contributed by atoms with Gasteiger partial charge < -0.3 is 10.4 Å².